The van der Waals surface area contributed by atoms with Crippen molar-refractivity contribution in [1.29, 1.82) is 0 Å². The van der Waals surface area contributed by atoms with Gasteiger partial charge in [-0.1, -0.05) is 17.7 Å². The van der Waals surface area contributed by atoms with Gasteiger partial charge in [-0.25, -0.2) is 9.78 Å². The predicted molar refractivity (Wildman–Crippen MR) is 118 cm³/mol. The molecule has 3 heterocycles. The highest BCUT2D eigenvalue weighted by Gasteiger charge is 2.43. The Morgan fingerprint density at radius 2 is 1.84 bits per heavy atom. The molecule has 2 amide bonds. The first-order valence-electron chi connectivity index (χ1n) is 10.3. The number of likely N-dealkylation sites (tertiary alicyclic amines) is 1. The van der Waals surface area contributed by atoms with E-state index in [0.29, 0.717) is 41.5 Å². The Kier molecular flexibility index (Phi) is 5.75. The fourth-order valence-electron chi connectivity index (χ4n) is 4.03. The van der Waals surface area contributed by atoms with Crippen LogP contribution >= 0.6 is 11.6 Å². The van der Waals surface area contributed by atoms with Crippen molar-refractivity contribution >= 4 is 35.1 Å². The number of carbonyl (C=O) groups is 2. The topological polar surface area (TPSA) is 87.7 Å². The molecule has 164 valence electrons. The van der Waals surface area contributed by atoms with E-state index in [1.807, 2.05) is 20.8 Å². The Balaban J connectivity index is 1.38. The Morgan fingerprint density at radius 1 is 1.13 bits per heavy atom. The van der Waals surface area contributed by atoms with Crippen molar-refractivity contribution in [3.8, 4) is 0 Å². The zero-order valence-electron chi connectivity index (χ0n) is 17.8. The zero-order chi connectivity index (χ0) is 22.2. The summed E-state index contributed by atoms with van der Waals surface area (Å²) in [5.74, 6) is 1.01. The molecule has 0 radical (unpaired) electrons. The van der Waals surface area contributed by atoms with Crippen LogP contribution in [0.25, 0.3) is 0 Å². The molecule has 0 aliphatic carbocycles. The van der Waals surface area contributed by atoms with Crippen LogP contribution in [0.3, 0.4) is 0 Å². The molecule has 4 rings (SSSR count). The molecule has 0 saturated carbocycles. The maximum Gasteiger partial charge on any atom is 0.410 e. The first kappa shape index (κ1) is 21.4. The van der Waals surface area contributed by atoms with E-state index in [1.165, 1.54) is 6.20 Å². The number of aromatic nitrogens is 2. The third kappa shape index (κ3) is 5.07. The average molecular weight is 444 g/mol. The molecule has 2 aliphatic heterocycles. The second kappa shape index (κ2) is 8.34. The van der Waals surface area contributed by atoms with Crippen LogP contribution in [0.15, 0.2) is 36.7 Å². The van der Waals surface area contributed by atoms with Gasteiger partial charge in [0.1, 0.15) is 17.1 Å². The van der Waals surface area contributed by atoms with Gasteiger partial charge in [0.2, 0.25) is 0 Å². The summed E-state index contributed by atoms with van der Waals surface area (Å²) in [5, 5.41) is 3.33. The Bertz CT molecular complexity index is 979. The van der Waals surface area contributed by atoms with Gasteiger partial charge in [-0.2, -0.15) is 0 Å². The molecule has 2 fully saturated rings. The van der Waals surface area contributed by atoms with Crippen molar-refractivity contribution in [2.45, 2.75) is 26.4 Å². The summed E-state index contributed by atoms with van der Waals surface area (Å²) in [6, 6.07) is 6.95. The van der Waals surface area contributed by atoms with Crippen molar-refractivity contribution in [2.75, 3.05) is 36.4 Å². The molecule has 8 nitrogen and oxygen atoms in total. The Labute approximate surface area is 186 Å². The van der Waals surface area contributed by atoms with Crippen LogP contribution in [0, 0.1) is 11.8 Å². The van der Waals surface area contributed by atoms with Gasteiger partial charge in [0, 0.05) is 48.7 Å². The van der Waals surface area contributed by atoms with E-state index in [1.54, 1.807) is 35.4 Å². The molecule has 1 aromatic heterocycles. The summed E-state index contributed by atoms with van der Waals surface area (Å²) in [7, 11) is 0. The van der Waals surface area contributed by atoms with Crippen LogP contribution in [0.4, 0.5) is 16.3 Å². The number of carbonyl (C=O) groups excluding carboxylic acids is 2. The summed E-state index contributed by atoms with van der Waals surface area (Å²) in [6.07, 6.45) is 2.86. The van der Waals surface area contributed by atoms with Gasteiger partial charge in [0.25, 0.3) is 5.91 Å². The number of hydrogen-bond donors (Lipinski definition) is 1. The number of nitrogens with one attached hydrogen (secondary N) is 1. The minimum atomic E-state index is -0.498. The number of hydrogen-bond acceptors (Lipinski definition) is 6. The van der Waals surface area contributed by atoms with Gasteiger partial charge < -0.3 is 19.9 Å². The number of nitrogens with zero attached hydrogens (tertiary/aromatic N) is 4. The minimum absolute atomic E-state index is 0.241. The molecule has 2 aromatic rings. The monoisotopic (exact) mass is 443 g/mol. The van der Waals surface area contributed by atoms with Crippen LogP contribution in [0.5, 0.6) is 0 Å². The van der Waals surface area contributed by atoms with Crippen molar-refractivity contribution in [2.24, 2.45) is 11.8 Å². The third-order valence-corrected chi connectivity index (χ3v) is 5.63. The quantitative estimate of drug-likeness (QED) is 0.778. The van der Waals surface area contributed by atoms with Crippen LogP contribution in [0.2, 0.25) is 5.02 Å². The van der Waals surface area contributed by atoms with E-state index in [-0.39, 0.29) is 17.7 Å². The molecule has 2 atom stereocenters. The van der Waals surface area contributed by atoms with Crippen molar-refractivity contribution in [3.63, 3.8) is 0 Å². The van der Waals surface area contributed by atoms with Gasteiger partial charge >= 0.3 is 6.09 Å². The highest BCUT2D eigenvalue weighted by Crippen LogP contribution is 2.33. The highest BCUT2D eigenvalue weighted by atomic mass is 35.5. The highest BCUT2D eigenvalue weighted by molar-refractivity contribution is 6.30. The average Bonchev–Trinajstić information content (AvgIpc) is 3.26. The second-order valence-electron chi connectivity index (χ2n) is 9.04. The molecule has 31 heavy (non-hydrogen) atoms. The second-order valence-corrected chi connectivity index (χ2v) is 9.47. The van der Waals surface area contributed by atoms with Crippen LogP contribution < -0.4 is 10.2 Å². The number of ether oxygens (including phenoxy) is 1. The molecule has 2 aliphatic rings. The molecule has 0 spiro atoms. The molecule has 9 heteroatoms. The fourth-order valence-corrected chi connectivity index (χ4v) is 4.22. The van der Waals surface area contributed by atoms with E-state index >= 15 is 0 Å². The summed E-state index contributed by atoms with van der Waals surface area (Å²) in [5.41, 5.74) is 0.343. The zero-order valence-corrected chi connectivity index (χ0v) is 18.6. The van der Waals surface area contributed by atoms with Crippen molar-refractivity contribution in [1.82, 2.24) is 14.9 Å². The molecule has 2 unspecified atom stereocenters. The summed E-state index contributed by atoms with van der Waals surface area (Å²) in [4.78, 5) is 37.6. The summed E-state index contributed by atoms with van der Waals surface area (Å²) in [6.45, 7) is 8.47. The number of fused-ring (bicyclic) bond motifs is 1. The standard InChI is InChI=1S/C22H26ClN5O3/c1-22(2,3)31-21(30)28-12-14-10-27(11-15(14)13-28)19-9-24-8-18(26-19)20(29)25-17-6-4-5-16(23)7-17/h4-9,14-15H,10-13H2,1-3H3,(H,25,29). The third-order valence-electron chi connectivity index (χ3n) is 5.40. The van der Waals surface area contributed by atoms with E-state index in [9.17, 15) is 9.59 Å². The molecular weight excluding hydrogens is 418 g/mol. The summed E-state index contributed by atoms with van der Waals surface area (Å²) < 4.78 is 5.49. The van der Waals surface area contributed by atoms with E-state index < -0.39 is 5.60 Å². The molecular formula is C22H26ClN5O3. The van der Waals surface area contributed by atoms with Gasteiger partial charge in [0.15, 0.2) is 0 Å². The van der Waals surface area contributed by atoms with Gasteiger partial charge in [0.05, 0.1) is 12.4 Å². The lowest BCUT2D eigenvalue weighted by Gasteiger charge is -2.26. The van der Waals surface area contributed by atoms with Gasteiger partial charge in [-0.3, -0.25) is 9.78 Å². The lowest BCUT2D eigenvalue weighted by atomic mass is 10.0. The Morgan fingerprint density at radius 3 is 2.48 bits per heavy atom. The number of rotatable bonds is 3. The largest absolute Gasteiger partial charge is 0.444 e. The maximum absolute atomic E-state index is 12.6. The van der Waals surface area contributed by atoms with Gasteiger partial charge in [-0.15, -0.1) is 0 Å². The molecule has 1 aromatic carbocycles. The normalized spacial score (nSPS) is 20.5. The molecule has 1 N–H and O–H groups in total. The first-order chi connectivity index (χ1) is 14.7. The number of anilines is 2. The van der Waals surface area contributed by atoms with Gasteiger partial charge in [-0.05, 0) is 39.0 Å². The Hall–Kier alpha value is -2.87. The minimum Gasteiger partial charge on any atom is -0.444 e. The number of halogens is 1. The smallest absolute Gasteiger partial charge is 0.410 e. The summed E-state index contributed by atoms with van der Waals surface area (Å²) >= 11 is 5.98. The van der Waals surface area contributed by atoms with Crippen LogP contribution in [0.1, 0.15) is 31.3 Å². The first-order valence-corrected chi connectivity index (χ1v) is 10.7. The SMILES string of the molecule is CC(C)(C)OC(=O)N1CC2CN(c3cncc(C(=O)Nc4cccc(Cl)c4)n3)CC2C1. The fraction of sp³-hybridized carbons (Fsp3) is 0.455. The van der Waals surface area contributed by atoms with E-state index in [4.69, 9.17) is 16.3 Å². The van der Waals surface area contributed by atoms with Crippen LogP contribution in [-0.4, -0.2) is 58.6 Å². The van der Waals surface area contributed by atoms with Crippen molar-refractivity contribution in [3.05, 3.63) is 47.4 Å². The molecule has 0 bridgehead atoms. The lowest BCUT2D eigenvalue weighted by molar-refractivity contribution is 0.0282. The molecule has 2 saturated heterocycles. The van der Waals surface area contributed by atoms with E-state index in [2.05, 4.69) is 20.2 Å². The number of amides is 2. The maximum atomic E-state index is 12.6. The van der Waals surface area contributed by atoms with E-state index in [0.717, 1.165) is 13.1 Å². The van der Waals surface area contributed by atoms with Crippen molar-refractivity contribution < 1.29 is 14.3 Å². The number of benzene rings is 1. The lowest BCUT2D eigenvalue weighted by Crippen LogP contribution is -2.37. The predicted octanol–water partition coefficient (Wildman–Crippen LogP) is 3.69. The van der Waals surface area contributed by atoms with Crippen LogP contribution in [-0.2, 0) is 4.74 Å².